The van der Waals surface area contributed by atoms with Crippen molar-refractivity contribution in [3.8, 4) is 11.4 Å². The summed E-state index contributed by atoms with van der Waals surface area (Å²) in [5, 5.41) is 9.14. The molecule has 0 saturated heterocycles. The van der Waals surface area contributed by atoms with Gasteiger partial charge in [0.2, 0.25) is 5.91 Å². The van der Waals surface area contributed by atoms with Gasteiger partial charge >= 0.3 is 0 Å². The number of hydrogen-bond donors (Lipinski definition) is 0. The Morgan fingerprint density at radius 3 is 2.29 bits per heavy atom. The second-order valence-electron chi connectivity index (χ2n) is 8.55. The molecule has 0 saturated carbocycles. The standard InChI is InChI=1S/C24H30N4O2S/c1-17-25-26-23(28(17)20-11-13-21(30-6)14-12-20)31-16-22(29)27(5)15-18-7-9-19(10-8-18)24(2,3)4/h7-14H,15-16H2,1-6H3. The van der Waals surface area contributed by atoms with Crippen LogP contribution >= 0.6 is 11.8 Å². The average molecular weight is 439 g/mol. The molecule has 31 heavy (non-hydrogen) atoms. The Morgan fingerprint density at radius 1 is 1.06 bits per heavy atom. The monoisotopic (exact) mass is 438 g/mol. The van der Waals surface area contributed by atoms with Crippen molar-refractivity contribution in [3.63, 3.8) is 0 Å². The number of nitrogens with zero attached hydrogens (tertiary/aromatic N) is 4. The maximum Gasteiger partial charge on any atom is 0.233 e. The lowest BCUT2D eigenvalue weighted by atomic mass is 9.87. The lowest BCUT2D eigenvalue weighted by Gasteiger charge is -2.21. The van der Waals surface area contributed by atoms with Gasteiger partial charge in [-0.1, -0.05) is 56.8 Å². The van der Waals surface area contributed by atoms with Crippen LogP contribution in [0.15, 0.2) is 53.7 Å². The minimum Gasteiger partial charge on any atom is -0.497 e. The first-order valence-corrected chi connectivity index (χ1v) is 11.2. The summed E-state index contributed by atoms with van der Waals surface area (Å²) in [6.45, 7) is 9.06. The van der Waals surface area contributed by atoms with Crippen LogP contribution in [-0.4, -0.2) is 45.5 Å². The average Bonchev–Trinajstić information content (AvgIpc) is 3.12. The summed E-state index contributed by atoms with van der Waals surface area (Å²) >= 11 is 1.39. The second kappa shape index (κ2) is 9.56. The predicted molar refractivity (Wildman–Crippen MR) is 125 cm³/mol. The number of aromatic nitrogens is 3. The lowest BCUT2D eigenvalue weighted by Crippen LogP contribution is -2.28. The molecule has 0 radical (unpaired) electrons. The molecule has 0 unspecified atom stereocenters. The van der Waals surface area contributed by atoms with E-state index in [1.165, 1.54) is 17.3 Å². The second-order valence-corrected chi connectivity index (χ2v) is 9.49. The molecule has 0 aliphatic rings. The van der Waals surface area contributed by atoms with Crippen LogP contribution in [0.4, 0.5) is 0 Å². The third-order valence-electron chi connectivity index (χ3n) is 5.12. The molecule has 0 fully saturated rings. The Hall–Kier alpha value is -2.80. The van der Waals surface area contributed by atoms with E-state index in [1.54, 1.807) is 12.0 Å². The van der Waals surface area contributed by atoms with Gasteiger partial charge in [-0.3, -0.25) is 9.36 Å². The molecule has 0 aliphatic heterocycles. The van der Waals surface area contributed by atoms with E-state index in [1.807, 2.05) is 42.8 Å². The number of thioether (sulfide) groups is 1. The number of rotatable bonds is 7. The molecule has 1 aromatic heterocycles. The maximum atomic E-state index is 12.7. The molecular formula is C24H30N4O2S. The molecular weight excluding hydrogens is 408 g/mol. The molecule has 0 atom stereocenters. The SMILES string of the molecule is COc1ccc(-n2c(C)nnc2SCC(=O)N(C)Cc2ccc(C(C)(C)C)cc2)cc1. The van der Waals surface area contributed by atoms with Crippen molar-refractivity contribution in [1.82, 2.24) is 19.7 Å². The fourth-order valence-corrected chi connectivity index (χ4v) is 4.11. The predicted octanol–water partition coefficient (Wildman–Crippen LogP) is 4.63. The van der Waals surface area contributed by atoms with Gasteiger partial charge in [0.1, 0.15) is 11.6 Å². The van der Waals surface area contributed by atoms with Crippen LogP contribution in [0.5, 0.6) is 5.75 Å². The Balaban J connectivity index is 1.63. The number of ether oxygens (including phenoxy) is 1. The number of carbonyl (C=O) groups excluding carboxylic acids is 1. The van der Waals surface area contributed by atoms with E-state index in [2.05, 4.69) is 55.2 Å². The zero-order chi connectivity index (χ0) is 22.6. The van der Waals surface area contributed by atoms with Crippen LogP contribution < -0.4 is 4.74 Å². The van der Waals surface area contributed by atoms with Crippen LogP contribution in [0.1, 0.15) is 37.7 Å². The van der Waals surface area contributed by atoms with Crippen LogP contribution in [0.3, 0.4) is 0 Å². The van der Waals surface area contributed by atoms with Gasteiger partial charge < -0.3 is 9.64 Å². The molecule has 1 heterocycles. The van der Waals surface area contributed by atoms with Crippen molar-refractivity contribution < 1.29 is 9.53 Å². The van der Waals surface area contributed by atoms with Gasteiger partial charge in [-0.05, 0) is 47.7 Å². The van der Waals surface area contributed by atoms with E-state index < -0.39 is 0 Å². The molecule has 0 bridgehead atoms. The highest BCUT2D eigenvalue weighted by atomic mass is 32.2. The smallest absolute Gasteiger partial charge is 0.233 e. The zero-order valence-electron chi connectivity index (χ0n) is 19.0. The summed E-state index contributed by atoms with van der Waals surface area (Å²) in [6, 6.07) is 16.2. The number of hydrogen-bond acceptors (Lipinski definition) is 5. The number of carbonyl (C=O) groups is 1. The van der Waals surface area contributed by atoms with E-state index in [4.69, 9.17) is 4.74 Å². The van der Waals surface area contributed by atoms with Crippen molar-refractivity contribution >= 4 is 17.7 Å². The number of aryl methyl sites for hydroxylation is 1. The van der Waals surface area contributed by atoms with E-state index in [9.17, 15) is 4.79 Å². The van der Waals surface area contributed by atoms with Crippen molar-refractivity contribution in [2.75, 3.05) is 19.9 Å². The van der Waals surface area contributed by atoms with Crippen LogP contribution in [0.2, 0.25) is 0 Å². The van der Waals surface area contributed by atoms with Gasteiger partial charge in [-0.15, -0.1) is 10.2 Å². The van der Waals surface area contributed by atoms with E-state index in [0.717, 1.165) is 22.8 Å². The summed E-state index contributed by atoms with van der Waals surface area (Å²) in [5.41, 5.74) is 3.46. The Labute approximate surface area is 188 Å². The largest absolute Gasteiger partial charge is 0.497 e. The van der Waals surface area contributed by atoms with Crippen LogP contribution in [0.25, 0.3) is 5.69 Å². The van der Waals surface area contributed by atoms with E-state index in [0.29, 0.717) is 17.5 Å². The fourth-order valence-electron chi connectivity index (χ4n) is 3.17. The third-order valence-corrected chi connectivity index (χ3v) is 6.03. The van der Waals surface area contributed by atoms with Gasteiger partial charge in [0.15, 0.2) is 5.16 Å². The van der Waals surface area contributed by atoms with Crippen LogP contribution in [-0.2, 0) is 16.8 Å². The van der Waals surface area contributed by atoms with Crippen LogP contribution in [0, 0.1) is 6.92 Å². The normalized spacial score (nSPS) is 11.4. The van der Waals surface area contributed by atoms with Crippen molar-refractivity contribution in [2.45, 2.75) is 44.8 Å². The highest BCUT2D eigenvalue weighted by Gasteiger charge is 2.17. The molecule has 3 aromatic rings. The Morgan fingerprint density at radius 2 is 1.71 bits per heavy atom. The Kier molecular flexibility index (Phi) is 7.05. The van der Waals surface area contributed by atoms with Crippen molar-refractivity contribution in [2.24, 2.45) is 0 Å². The summed E-state index contributed by atoms with van der Waals surface area (Å²) in [5.74, 6) is 1.90. The van der Waals surface area contributed by atoms with E-state index >= 15 is 0 Å². The summed E-state index contributed by atoms with van der Waals surface area (Å²) in [6.07, 6.45) is 0. The third kappa shape index (κ3) is 5.67. The van der Waals surface area contributed by atoms with Crippen molar-refractivity contribution in [1.29, 1.82) is 0 Å². The summed E-state index contributed by atoms with van der Waals surface area (Å²) < 4.78 is 7.18. The minimum atomic E-state index is 0.0480. The van der Waals surface area contributed by atoms with Gasteiger partial charge in [0, 0.05) is 19.3 Å². The topological polar surface area (TPSA) is 60.2 Å². The summed E-state index contributed by atoms with van der Waals surface area (Å²) in [7, 11) is 3.47. The zero-order valence-corrected chi connectivity index (χ0v) is 19.9. The first-order valence-electron chi connectivity index (χ1n) is 10.2. The molecule has 6 nitrogen and oxygen atoms in total. The van der Waals surface area contributed by atoms with Gasteiger partial charge in [-0.25, -0.2) is 0 Å². The number of amides is 1. The Bertz CT molecular complexity index is 1020. The highest BCUT2D eigenvalue weighted by Crippen LogP contribution is 2.25. The maximum absolute atomic E-state index is 12.7. The molecule has 164 valence electrons. The lowest BCUT2D eigenvalue weighted by molar-refractivity contribution is -0.127. The molecule has 0 spiro atoms. The minimum absolute atomic E-state index is 0.0480. The molecule has 1 amide bonds. The molecule has 0 aliphatic carbocycles. The van der Waals surface area contributed by atoms with Gasteiger partial charge in [0.05, 0.1) is 12.9 Å². The highest BCUT2D eigenvalue weighted by molar-refractivity contribution is 7.99. The van der Waals surface area contributed by atoms with Gasteiger partial charge in [-0.2, -0.15) is 0 Å². The van der Waals surface area contributed by atoms with Gasteiger partial charge in [0.25, 0.3) is 0 Å². The first-order chi connectivity index (χ1) is 14.7. The fraction of sp³-hybridized carbons (Fsp3) is 0.375. The van der Waals surface area contributed by atoms with E-state index in [-0.39, 0.29) is 11.3 Å². The number of benzene rings is 2. The molecule has 3 rings (SSSR count). The molecule has 7 heteroatoms. The molecule has 2 aromatic carbocycles. The number of methoxy groups -OCH3 is 1. The van der Waals surface area contributed by atoms with Crippen molar-refractivity contribution in [3.05, 3.63) is 65.5 Å². The molecule has 0 N–H and O–H groups in total. The quantitative estimate of drug-likeness (QED) is 0.503. The first kappa shape index (κ1) is 22.9. The summed E-state index contributed by atoms with van der Waals surface area (Å²) in [4.78, 5) is 14.5.